The van der Waals surface area contributed by atoms with Crippen LogP contribution in [0.2, 0.25) is 0 Å². The Labute approximate surface area is 157 Å². The molecule has 2 heterocycles. The molecule has 0 aliphatic carbocycles. The molecule has 0 saturated carbocycles. The van der Waals surface area contributed by atoms with E-state index in [1.54, 1.807) is 13.2 Å². The molecule has 0 spiro atoms. The molecule has 0 saturated heterocycles. The highest BCUT2D eigenvalue weighted by atomic mass is 16.5. The minimum Gasteiger partial charge on any atom is -0.496 e. The Kier molecular flexibility index (Phi) is 4.07. The third kappa shape index (κ3) is 2.91. The number of rotatable bonds is 3. The van der Waals surface area contributed by atoms with Crippen LogP contribution < -0.4 is 10.3 Å². The summed E-state index contributed by atoms with van der Waals surface area (Å²) in [4.78, 5) is 17.5. The fraction of sp³-hybridized carbons (Fsp3) is 0.182. The van der Waals surface area contributed by atoms with Crippen molar-refractivity contribution in [3.8, 4) is 28.1 Å². The molecule has 4 rings (SSSR count). The normalized spacial score (nSPS) is 11.1. The average Bonchev–Trinajstić information content (AvgIpc) is 2.99. The molecular weight excluding hydrogens is 338 g/mol. The first kappa shape index (κ1) is 17.1. The Hall–Kier alpha value is -3.34. The number of aromatic nitrogens is 3. The van der Waals surface area contributed by atoms with Crippen LogP contribution in [0.25, 0.3) is 28.0 Å². The number of methoxy groups -OCH3 is 1. The highest BCUT2D eigenvalue weighted by molar-refractivity contribution is 5.81. The number of ether oxygens (including phenoxy) is 1. The summed E-state index contributed by atoms with van der Waals surface area (Å²) >= 11 is 0. The Bertz CT molecular complexity index is 1200. The van der Waals surface area contributed by atoms with Gasteiger partial charge in [-0.2, -0.15) is 0 Å². The molecule has 0 atom stereocenters. The molecule has 0 fully saturated rings. The lowest BCUT2D eigenvalue weighted by Gasteiger charge is -2.08. The number of aryl methyl sites for hydroxylation is 3. The van der Waals surface area contributed by atoms with Crippen LogP contribution in [0, 0.1) is 20.8 Å². The van der Waals surface area contributed by atoms with Gasteiger partial charge in [0.25, 0.3) is 5.56 Å². The van der Waals surface area contributed by atoms with Crippen LogP contribution in [0.5, 0.6) is 5.75 Å². The van der Waals surface area contributed by atoms with Crippen LogP contribution in [0.15, 0.2) is 53.3 Å². The monoisotopic (exact) mass is 359 g/mol. The smallest absolute Gasteiger partial charge is 0.273 e. The lowest BCUT2D eigenvalue weighted by molar-refractivity contribution is 0.412. The zero-order chi connectivity index (χ0) is 19.1. The number of nitrogens with zero attached hydrogens (tertiary/aromatic N) is 2. The van der Waals surface area contributed by atoms with Gasteiger partial charge in [0.1, 0.15) is 5.75 Å². The van der Waals surface area contributed by atoms with E-state index in [9.17, 15) is 4.79 Å². The van der Waals surface area contributed by atoms with E-state index in [1.807, 2.05) is 57.2 Å². The number of hydrogen-bond donors (Lipinski definition) is 1. The van der Waals surface area contributed by atoms with E-state index in [2.05, 4.69) is 11.2 Å². The largest absolute Gasteiger partial charge is 0.496 e. The molecule has 5 heteroatoms. The van der Waals surface area contributed by atoms with Crippen molar-refractivity contribution in [3.05, 3.63) is 75.7 Å². The molecule has 0 amide bonds. The van der Waals surface area contributed by atoms with Crippen molar-refractivity contribution in [1.82, 2.24) is 14.6 Å². The maximum Gasteiger partial charge on any atom is 0.273 e. The zero-order valence-electron chi connectivity index (χ0n) is 15.8. The van der Waals surface area contributed by atoms with Gasteiger partial charge in [-0.1, -0.05) is 35.9 Å². The van der Waals surface area contributed by atoms with E-state index < -0.39 is 0 Å². The van der Waals surface area contributed by atoms with Gasteiger partial charge in [-0.05, 0) is 44.0 Å². The van der Waals surface area contributed by atoms with Gasteiger partial charge in [-0.3, -0.25) is 9.89 Å². The standard InChI is InChI=1S/C22H21N3O2/c1-13-5-7-16(8-6-13)18-12-20(26)25-22(23-18)21(15(3)24-25)17-9-10-19(27-4)14(2)11-17/h5-12,24H,1-4H3. The highest BCUT2D eigenvalue weighted by Crippen LogP contribution is 2.31. The molecular formula is C22H21N3O2. The van der Waals surface area contributed by atoms with Gasteiger partial charge in [0.2, 0.25) is 0 Å². The second-order valence-corrected chi connectivity index (χ2v) is 6.80. The third-order valence-corrected chi connectivity index (χ3v) is 4.83. The molecule has 0 radical (unpaired) electrons. The second kappa shape index (κ2) is 6.43. The first-order valence-electron chi connectivity index (χ1n) is 8.82. The van der Waals surface area contributed by atoms with Crippen LogP contribution in [0.3, 0.4) is 0 Å². The van der Waals surface area contributed by atoms with Gasteiger partial charge >= 0.3 is 0 Å². The maximum absolute atomic E-state index is 12.7. The van der Waals surface area contributed by atoms with E-state index in [0.717, 1.165) is 33.7 Å². The minimum atomic E-state index is -0.129. The average molecular weight is 359 g/mol. The summed E-state index contributed by atoms with van der Waals surface area (Å²) in [6, 6.07) is 15.6. The number of benzene rings is 2. The number of fused-ring (bicyclic) bond motifs is 1. The van der Waals surface area contributed by atoms with E-state index in [1.165, 1.54) is 10.1 Å². The fourth-order valence-electron chi connectivity index (χ4n) is 3.40. The van der Waals surface area contributed by atoms with Gasteiger partial charge in [-0.25, -0.2) is 9.50 Å². The van der Waals surface area contributed by atoms with Crippen molar-refractivity contribution < 1.29 is 4.74 Å². The molecule has 1 N–H and O–H groups in total. The summed E-state index contributed by atoms with van der Waals surface area (Å²) in [5.41, 5.74) is 7.11. The van der Waals surface area contributed by atoms with Gasteiger partial charge in [0.15, 0.2) is 5.65 Å². The zero-order valence-corrected chi connectivity index (χ0v) is 15.8. The van der Waals surface area contributed by atoms with Gasteiger partial charge in [0, 0.05) is 22.9 Å². The van der Waals surface area contributed by atoms with Crippen molar-refractivity contribution >= 4 is 5.65 Å². The lowest BCUT2D eigenvalue weighted by Crippen LogP contribution is -2.14. The van der Waals surface area contributed by atoms with Crippen molar-refractivity contribution in [2.75, 3.05) is 7.11 Å². The van der Waals surface area contributed by atoms with Crippen molar-refractivity contribution in [2.24, 2.45) is 0 Å². The summed E-state index contributed by atoms with van der Waals surface area (Å²) in [5, 5.41) is 3.14. The predicted molar refractivity (Wildman–Crippen MR) is 107 cm³/mol. The molecule has 0 aliphatic rings. The van der Waals surface area contributed by atoms with Crippen LogP contribution in [-0.2, 0) is 0 Å². The number of aromatic amines is 1. The highest BCUT2D eigenvalue weighted by Gasteiger charge is 2.16. The molecule has 2 aromatic carbocycles. The molecule has 4 aromatic rings. The Morgan fingerprint density at radius 3 is 2.33 bits per heavy atom. The van der Waals surface area contributed by atoms with E-state index >= 15 is 0 Å². The Morgan fingerprint density at radius 2 is 1.67 bits per heavy atom. The molecule has 5 nitrogen and oxygen atoms in total. The summed E-state index contributed by atoms with van der Waals surface area (Å²) in [7, 11) is 1.66. The summed E-state index contributed by atoms with van der Waals surface area (Å²) in [5.74, 6) is 0.835. The van der Waals surface area contributed by atoms with Gasteiger partial charge in [0.05, 0.1) is 12.8 Å². The first-order chi connectivity index (χ1) is 13.0. The summed E-state index contributed by atoms with van der Waals surface area (Å²) < 4.78 is 6.86. The molecule has 2 aromatic heterocycles. The van der Waals surface area contributed by atoms with E-state index in [-0.39, 0.29) is 5.56 Å². The Morgan fingerprint density at radius 1 is 0.963 bits per heavy atom. The SMILES string of the molecule is COc1ccc(-c2c(C)[nH]n3c(=O)cc(-c4ccc(C)cc4)nc23)cc1C. The van der Waals surface area contributed by atoms with Crippen LogP contribution >= 0.6 is 0 Å². The van der Waals surface area contributed by atoms with Crippen molar-refractivity contribution in [3.63, 3.8) is 0 Å². The molecule has 0 bridgehead atoms. The van der Waals surface area contributed by atoms with Crippen LogP contribution in [-0.4, -0.2) is 21.7 Å². The number of nitrogens with one attached hydrogen (secondary N) is 1. The third-order valence-electron chi connectivity index (χ3n) is 4.83. The molecule has 0 unspecified atom stereocenters. The van der Waals surface area contributed by atoms with E-state index in [0.29, 0.717) is 11.3 Å². The first-order valence-corrected chi connectivity index (χ1v) is 8.82. The summed E-state index contributed by atoms with van der Waals surface area (Å²) in [6.07, 6.45) is 0. The fourth-order valence-corrected chi connectivity index (χ4v) is 3.40. The topological polar surface area (TPSA) is 59.4 Å². The Balaban J connectivity index is 1.96. The molecule has 27 heavy (non-hydrogen) atoms. The molecule has 0 aliphatic heterocycles. The van der Waals surface area contributed by atoms with Crippen LogP contribution in [0.4, 0.5) is 0 Å². The predicted octanol–water partition coefficient (Wildman–Crippen LogP) is 4.29. The quantitative estimate of drug-likeness (QED) is 0.594. The molecule has 136 valence electrons. The lowest BCUT2D eigenvalue weighted by atomic mass is 10.0. The van der Waals surface area contributed by atoms with Crippen molar-refractivity contribution in [1.29, 1.82) is 0 Å². The second-order valence-electron chi connectivity index (χ2n) is 6.80. The minimum absolute atomic E-state index is 0.129. The van der Waals surface area contributed by atoms with Gasteiger partial charge in [-0.15, -0.1) is 0 Å². The number of H-pyrrole nitrogens is 1. The maximum atomic E-state index is 12.7. The summed E-state index contributed by atoms with van der Waals surface area (Å²) in [6.45, 7) is 5.99. The van der Waals surface area contributed by atoms with E-state index in [4.69, 9.17) is 9.72 Å². The van der Waals surface area contributed by atoms with Crippen LogP contribution in [0.1, 0.15) is 16.8 Å². The van der Waals surface area contributed by atoms with Crippen molar-refractivity contribution in [2.45, 2.75) is 20.8 Å². The van der Waals surface area contributed by atoms with Gasteiger partial charge < -0.3 is 4.74 Å². The number of hydrogen-bond acceptors (Lipinski definition) is 3.